The molecule has 0 aromatic rings. The number of rotatable bonds is 0. The van der Waals surface area contributed by atoms with Gasteiger partial charge in [-0.1, -0.05) is 0 Å². The summed E-state index contributed by atoms with van der Waals surface area (Å²) in [6.45, 7) is 0. The van der Waals surface area contributed by atoms with Crippen LogP contribution in [0.15, 0.2) is 0 Å². The van der Waals surface area contributed by atoms with Gasteiger partial charge in [-0.3, -0.25) is 0 Å². The molecule has 0 unspecified atom stereocenters. The summed E-state index contributed by atoms with van der Waals surface area (Å²) in [5, 5.41) is 59.0. The van der Waals surface area contributed by atoms with Gasteiger partial charge in [0.2, 0.25) is 0 Å². The van der Waals surface area contributed by atoms with Gasteiger partial charge in [-0.2, -0.15) is 0 Å². The zero-order chi connectivity index (χ0) is 14.3. The summed E-state index contributed by atoms with van der Waals surface area (Å²) in [4.78, 5) is 33.0. The average molecular weight is 383 g/mol. The van der Waals surface area contributed by atoms with E-state index in [1.165, 1.54) is 0 Å². The van der Waals surface area contributed by atoms with Gasteiger partial charge in [0.1, 0.15) is 0 Å². The molecule has 0 amide bonds. The summed E-state index contributed by atoms with van der Waals surface area (Å²) in [6.07, 6.45) is 0. The maximum atomic E-state index is 8.25. The van der Waals surface area contributed by atoms with E-state index in [9.17, 15) is 0 Å². The van der Waals surface area contributed by atoms with Gasteiger partial charge in [0.05, 0.1) is 20.3 Å². The molecule has 0 aliphatic heterocycles. The molecule has 120 valence electrons. The van der Waals surface area contributed by atoms with E-state index in [0.29, 0.717) is 0 Å². The zero-order valence-electron chi connectivity index (χ0n) is 7.82. The predicted octanol–water partition coefficient (Wildman–Crippen LogP) is -1.79. The fourth-order valence-corrected chi connectivity index (χ4v) is 0. The van der Waals surface area contributed by atoms with Crippen LogP contribution in [0.2, 0.25) is 0 Å². The van der Waals surface area contributed by atoms with Crippen molar-refractivity contribution in [2.24, 2.45) is 0 Å². The van der Waals surface area contributed by atoms with Gasteiger partial charge in [-0.05, 0) is 0 Å². The first kappa shape index (κ1) is 43.7. The van der Waals surface area contributed by atoms with Crippen LogP contribution in [-0.4, -0.2) is 25.8 Å². The van der Waals surface area contributed by atoms with Crippen molar-refractivity contribution in [1.82, 2.24) is 0 Å². The van der Waals surface area contributed by atoms with Crippen LogP contribution in [0.4, 0.5) is 0 Å². The summed E-state index contributed by atoms with van der Waals surface area (Å²) in [7, 11) is 0. The van der Waals surface area contributed by atoms with Crippen molar-refractivity contribution in [3.05, 3.63) is 61.3 Å². The fourth-order valence-electron chi connectivity index (χ4n) is 0. The minimum atomic E-state index is -1.75. The first-order valence-corrected chi connectivity index (χ1v) is 2.19. The molecule has 0 heterocycles. The second-order valence-corrected chi connectivity index (χ2v) is 0.894. The Labute approximate surface area is 121 Å². The van der Waals surface area contributed by atoms with Gasteiger partial charge >= 0.3 is 33.0 Å². The van der Waals surface area contributed by atoms with Gasteiger partial charge in [-0.15, -0.1) is 0 Å². The van der Waals surface area contributed by atoms with Crippen LogP contribution < -0.4 is 0 Å². The van der Waals surface area contributed by atoms with Crippen molar-refractivity contribution in [2.75, 3.05) is 0 Å². The molecule has 0 saturated heterocycles. The van der Waals surface area contributed by atoms with Crippen LogP contribution in [0.1, 0.15) is 0 Å². The molecule has 0 aliphatic carbocycles. The fraction of sp³-hybridized carbons (Fsp3) is 0. The number of nitrogens with zero attached hydrogens (tertiary/aromatic N) is 4. The maximum absolute atomic E-state index is 8.25. The van der Waals surface area contributed by atoms with Crippen molar-refractivity contribution < 1.29 is 58.8 Å². The first-order chi connectivity index (χ1) is 6.93. The maximum Gasteiger partial charge on any atom is 2.00 e. The van der Waals surface area contributed by atoms with Crippen LogP contribution in [0, 0.1) is 61.3 Å². The minimum absolute atomic E-state index is 0. The normalized spacial score (nSPS) is 5.05. The van der Waals surface area contributed by atoms with Gasteiger partial charge in [0.15, 0.2) is 0 Å². The van der Waals surface area contributed by atoms with Crippen LogP contribution >= 0.6 is 0 Å². The van der Waals surface area contributed by atoms with Crippen molar-refractivity contribution in [1.29, 1.82) is 0 Å². The Morgan fingerprint density at radius 3 is 0.421 bits per heavy atom. The number of hydrogen-bond donors (Lipinski definition) is 0. The van der Waals surface area contributed by atoms with E-state index in [1.54, 1.807) is 0 Å². The topological polar surface area (TPSA) is 296 Å². The molecule has 0 atom stereocenters. The van der Waals surface area contributed by atoms with Gasteiger partial charge in [-0.25, -0.2) is 0 Å². The molecule has 19 heteroatoms. The Bertz CT molecular complexity index is 163. The smallest absolute Gasteiger partial charge is 0.412 e. The standard InChI is InChI=1S/4NO3.2Ni.H2O/c4*2-1(3)4;;;/h;;;;;;1H2/q4*-1;2*+2;. The van der Waals surface area contributed by atoms with Gasteiger partial charge in [0, 0.05) is 0 Å². The molecule has 0 aromatic heterocycles. The van der Waals surface area contributed by atoms with E-state index < -0.39 is 20.3 Å². The summed E-state index contributed by atoms with van der Waals surface area (Å²) < 4.78 is 0. The Morgan fingerprint density at radius 2 is 0.421 bits per heavy atom. The van der Waals surface area contributed by atoms with Crippen molar-refractivity contribution in [3.63, 3.8) is 0 Å². The molecule has 19 heavy (non-hydrogen) atoms. The van der Waals surface area contributed by atoms with Gasteiger partial charge in [0.25, 0.3) is 0 Å². The number of hydrogen-bond acceptors (Lipinski definition) is 12. The predicted molar refractivity (Wildman–Crippen MR) is 45.1 cm³/mol. The van der Waals surface area contributed by atoms with Crippen molar-refractivity contribution in [3.8, 4) is 0 Å². The summed E-state index contributed by atoms with van der Waals surface area (Å²) in [5.74, 6) is 0. The molecule has 0 spiro atoms. The van der Waals surface area contributed by atoms with Crippen molar-refractivity contribution >= 4 is 0 Å². The van der Waals surface area contributed by atoms with Crippen molar-refractivity contribution in [2.45, 2.75) is 0 Å². The third-order valence-corrected chi connectivity index (χ3v) is 0. The second kappa shape index (κ2) is 36.0. The molecule has 0 rings (SSSR count). The van der Waals surface area contributed by atoms with Gasteiger partial charge < -0.3 is 66.8 Å². The summed E-state index contributed by atoms with van der Waals surface area (Å²) >= 11 is 0. The molecule has 0 aliphatic rings. The Kier molecular flexibility index (Phi) is 82.9. The first-order valence-electron chi connectivity index (χ1n) is 2.19. The average Bonchev–Trinajstić information content (AvgIpc) is 1.76. The van der Waals surface area contributed by atoms with Crippen LogP contribution in [-0.2, 0) is 33.0 Å². The second-order valence-electron chi connectivity index (χ2n) is 0.894. The van der Waals surface area contributed by atoms with E-state index in [1.807, 2.05) is 0 Å². The molecule has 17 nitrogen and oxygen atoms in total. The monoisotopic (exact) mass is 382 g/mol. The molecule has 0 bridgehead atoms. The van der Waals surface area contributed by atoms with E-state index in [2.05, 4.69) is 0 Å². The molecule has 2 N–H and O–H groups in total. The third-order valence-electron chi connectivity index (χ3n) is 0. The Balaban J connectivity index is -0.0000000192. The molecule has 0 saturated carbocycles. The van der Waals surface area contributed by atoms with E-state index in [4.69, 9.17) is 61.3 Å². The third kappa shape index (κ3) is 586. The molecule has 0 radical (unpaired) electrons. The molecule has 0 fully saturated rings. The SMILES string of the molecule is O.O=[N+]([O-])[O-].O=[N+]([O-])[O-].O=[N+]([O-])[O-].O=[N+]([O-])[O-].[Ni+2].[Ni+2]. The quantitative estimate of drug-likeness (QED) is 0.254. The summed E-state index contributed by atoms with van der Waals surface area (Å²) in [6, 6.07) is 0. The van der Waals surface area contributed by atoms with E-state index in [-0.39, 0.29) is 38.5 Å². The minimum Gasteiger partial charge on any atom is -0.412 e. The molecular weight excluding hydrogens is 381 g/mol. The zero-order valence-corrected chi connectivity index (χ0v) is 9.80. The summed E-state index contributed by atoms with van der Waals surface area (Å²) in [5.41, 5.74) is 0. The Hall–Kier alpha value is -2.25. The van der Waals surface area contributed by atoms with E-state index in [0.717, 1.165) is 0 Å². The van der Waals surface area contributed by atoms with Crippen LogP contribution in [0.3, 0.4) is 0 Å². The van der Waals surface area contributed by atoms with Crippen LogP contribution in [0.25, 0.3) is 0 Å². The molecule has 0 aromatic carbocycles. The Morgan fingerprint density at radius 1 is 0.421 bits per heavy atom. The van der Waals surface area contributed by atoms with Crippen LogP contribution in [0.5, 0.6) is 0 Å². The molecular formula is H2N4Ni2O13. The largest absolute Gasteiger partial charge is 2.00 e. The van der Waals surface area contributed by atoms with E-state index >= 15 is 0 Å².